The van der Waals surface area contributed by atoms with E-state index in [1.807, 2.05) is 6.92 Å². The number of carbonyl (C=O) groups is 2. The van der Waals surface area contributed by atoms with Crippen molar-refractivity contribution in [1.29, 1.82) is 0 Å². The lowest BCUT2D eigenvalue weighted by atomic mass is 10.1. The largest absolute Gasteiger partial charge is 0.507 e. The number of aliphatic carboxylic acids is 1. The van der Waals surface area contributed by atoms with Gasteiger partial charge in [-0.05, 0) is 24.6 Å². The number of benzene rings is 1. The molecule has 1 amide bonds. The fourth-order valence-electron chi connectivity index (χ4n) is 1.59. The summed E-state index contributed by atoms with van der Waals surface area (Å²) in [6, 6.07) is 1.88. The van der Waals surface area contributed by atoms with Gasteiger partial charge in [0, 0.05) is 0 Å². The number of rotatable bonds is 6. The first-order valence-corrected chi connectivity index (χ1v) is 5.98. The van der Waals surface area contributed by atoms with E-state index in [-0.39, 0.29) is 12.0 Å². The number of phenolic OH excluding ortho intramolecular Hbond substituents is 1. The third-order valence-corrected chi connectivity index (χ3v) is 2.65. The first-order chi connectivity index (χ1) is 8.95. The molecule has 5 nitrogen and oxygen atoms in total. The summed E-state index contributed by atoms with van der Waals surface area (Å²) < 4.78 is 13.0. The van der Waals surface area contributed by atoms with E-state index in [0.717, 1.165) is 24.6 Å². The molecule has 0 spiro atoms. The van der Waals surface area contributed by atoms with Crippen LogP contribution in [-0.2, 0) is 4.79 Å². The molecular formula is C13H16FNO4. The second-order valence-corrected chi connectivity index (χ2v) is 4.17. The van der Waals surface area contributed by atoms with Gasteiger partial charge in [-0.3, -0.25) is 4.79 Å². The van der Waals surface area contributed by atoms with Crippen LogP contribution in [0, 0.1) is 5.82 Å². The predicted octanol–water partition coefficient (Wildman–Crippen LogP) is 1.90. The molecule has 19 heavy (non-hydrogen) atoms. The minimum absolute atomic E-state index is 0.275. The molecule has 0 aliphatic carbocycles. The van der Waals surface area contributed by atoms with Crippen molar-refractivity contribution in [3.8, 4) is 5.75 Å². The molecule has 6 heteroatoms. The lowest BCUT2D eigenvalue weighted by Crippen LogP contribution is -2.40. The van der Waals surface area contributed by atoms with E-state index in [1.54, 1.807) is 0 Å². The molecule has 0 heterocycles. The summed E-state index contributed by atoms with van der Waals surface area (Å²) in [6.07, 6.45) is 1.73. The Morgan fingerprint density at radius 3 is 2.68 bits per heavy atom. The predicted molar refractivity (Wildman–Crippen MR) is 66.5 cm³/mol. The summed E-state index contributed by atoms with van der Waals surface area (Å²) in [4.78, 5) is 22.8. The molecule has 0 aromatic heterocycles. The highest BCUT2D eigenvalue weighted by Gasteiger charge is 2.21. The van der Waals surface area contributed by atoms with Crippen LogP contribution in [0.1, 0.15) is 36.5 Å². The molecule has 3 N–H and O–H groups in total. The van der Waals surface area contributed by atoms with E-state index in [1.165, 1.54) is 0 Å². The van der Waals surface area contributed by atoms with Gasteiger partial charge in [0.1, 0.15) is 17.6 Å². The van der Waals surface area contributed by atoms with E-state index in [4.69, 9.17) is 5.11 Å². The maximum Gasteiger partial charge on any atom is 0.326 e. The average molecular weight is 269 g/mol. The number of aromatic hydroxyl groups is 1. The molecule has 1 aromatic carbocycles. The number of halogens is 1. The molecule has 0 saturated carbocycles. The van der Waals surface area contributed by atoms with E-state index in [2.05, 4.69) is 5.32 Å². The van der Waals surface area contributed by atoms with Gasteiger partial charge in [-0.15, -0.1) is 0 Å². The molecule has 1 aromatic rings. The minimum Gasteiger partial charge on any atom is -0.507 e. The fourth-order valence-corrected chi connectivity index (χ4v) is 1.59. The summed E-state index contributed by atoms with van der Waals surface area (Å²) in [5.74, 6) is -3.03. The number of hydrogen-bond donors (Lipinski definition) is 3. The molecule has 0 radical (unpaired) electrons. The van der Waals surface area contributed by atoms with Crippen LogP contribution in [0.25, 0.3) is 0 Å². The van der Waals surface area contributed by atoms with E-state index < -0.39 is 29.5 Å². The van der Waals surface area contributed by atoms with Gasteiger partial charge in [0.15, 0.2) is 0 Å². The molecule has 1 unspecified atom stereocenters. The normalized spacial score (nSPS) is 11.9. The molecule has 1 atom stereocenters. The third-order valence-electron chi connectivity index (χ3n) is 2.65. The maximum absolute atomic E-state index is 13.0. The average Bonchev–Trinajstić information content (AvgIpc) is 2.36. The van der Waals surface area contributed by atoms with Gasteiger partial charge in [-0.2, -0.15) is 0 Å². The van der Waals surface area contributed by atoms with Gasteiger partial charge >= 0.3 is 5.97 Å². The Kier molecular flexibility index (Phi) is 5.29. The van der Waals surface area contributed by atoms with Gasteiger partial charge in [0.05, 0.1) is 5.56 Å². The lowest BCUT2D eigenvalue weighted by Gasteiger charge is -2.14. The van der Waals surface area contributed by atoms with Crippen LogP contribution in [-0.4, -0.2) is 28.1 Å². The lowest BCUT2D eigenvalue weighted by molar-refractivity contribution is -0.139. The number of unbranched alkanes of at least 4 members (excludes halogenated alkanes) is 1. The molecule has 0 aliphatic rings. The summed E-state index contributed by atoms with van der Waals surface area (Å²) >= 11 is 0. The highest BCUT2D eigenvalue weighted by atomic mass is 19.1. The van der Waals surface area contributed by atoms with Crippen molar-refractivity contribution in [3.63, 3.8) is 0 Å². The van der Waals surface area contributed by atoms with Crippen molar-refractivity contribution in [2.24, 2.45) is 0 Å². The van der Waals surface area contributed by atoms with Crippen LogP contribution < -0.4 is 5.32 Å². The molecule has 0 fully saturated rings. The van der Waals surface area contributed by atoms with Crippen molar-refractivity contribution in [2.75, 3.05) is 0 Å². The molecule has 0 saturated heterocycles. The van der Waals surface area contributed by atoms with Gasteiger partial charge in [-0.1, -0.05) is 19.8 Å². The van der Waals surface area contributed by atoms with Crippen LogP contribution in [0.3, 0.4) is 0 Å². The number of phenols is 1. The SMILES string of the molecule is CCCCC(NC(=O)c1cc(F)ccc1O)C(=O)O. The summed E-state index contributed by atoms with van der Waals surface area (Å²) in [5, 5.41) is 20.7. The van der Waals surface area contributed by atoms with Gasteiger partial charge in [0.2, 0.25) is 0 Å². The zero-order chi connectivity index (χ0) is 14.4. The van der Waals surface area contributed by atoms with E-state index in [9.17, 15) is 19.1 Å². The van der Waals surface area contributed by atoms with E-state index >= 15 is 0 Å². The number of amides is 1. The van der Waals surface area contributed by atoms with Crippen LogP contribution in [0.2, 0.25) is 0 Å². The van der Waals surface area contributed by atoms with Crippen molar-refractivity contribution in [1.82, 2.24) is 5.32 Å². The Morgan fingerprint density at radius 1 is 1.42 bits per heavy atom. The number of carboxylic acids is 1. The number of nitrogens with one attached hydrogen (secondary N) is 1. The van der Waals surface area contributed by atoms with Crippen LogP contribution >= 0.6 is 0 Å². The molecular weight excluding hydrogens is 253 g/mol. The van der Waals surface area contributed by atoms with Gasteiger partial charge in [0.25, 0.3) is 5.91 Å². The van der Waals surface area contributed by atoms with Crippen LogP contribution in [0.15, 0.2) is 18.2 Å². The Labute approximate surface area is 110 Å². The van der Waals surface area contributed by atoms with Crippen molar-refractivity contribution < 1.29 is 24.2 Å². The Balaban J connectivity index is 2.81. The first kappa shape index (κ1) is 14.9. The second-order valence-electron chi connectivity index (χ2n) is 4.17. The molecule has 0 aliphatic heterocycles. The monoisotopic (exact) mass is 269 g/mol. The van der Waals surface area contributed by atoms with Gasteiger partial charge < -0.3 is 15.5 Å². The summed E-state index contributed by atoms with van der Waals surface area (Å²) in [6.45, 7) is 1.90. The van der Waals surface area contributed by atoms with Crippen LogP contribution in [0.5, 0.6) is 5.75 Å². The zero-order valence-electron chi connectivity index (χ0n) is 10.5. The van der Waals surface area contributed by atoms with Crippen LogP contribution in [0.4, 0.5) is 4.39 Å². The first-order valence-electron chi connectivity index (χ1n) is 5.98. The highest BCUT2D eigenvalue weighted by Crippen LogP contribution is 2.18. The number of hydrogen-bond acceptors (Lipinski definition) is 3. The Hall–Kier alpha value is -2.11. The standard InChI is InChI=1S/C13H16FNO4/c1-2-3-4-10(13(18)19)15-12(17)9-7-8(14)5-6-11(9)16/h5-7,10,16H,2-4H2,1H3,(H,15,17)(H,18,19). The molecule has 1 rings (SSSR count). The number of carboxylic acid groups (broad SMARTS) is 1. The molecule has 0 bridgehead atoms. The minimum atomic E-state index is -1.15. The van der Waals surface area contributed by atoms with Crippen molar-refractivity contribution in [3.05, 3.63) is 29.6 Å². The topological polar surface area (TPSA) is 86.6 Å². The summed E-state index contributed by atoms with van der Waals surface area (Å²) in [5.41, 5.74) is -0.275. The summed E-state index contributed by atoms with van der Waals surface area (Å²) in [7, 11) is 0. The quantitative estimate of drug-likeness (QED) is 0.736. The maximum atomic E-state index is 13.0. The molecule has 104 valence electrons. The zero-order valence-corrected chi connectivity index (χ0v) is 10.5. The highest BCUT2D eigenvalue weighted by molar-refractivity contribution is 5.98. The second kappa shape index (κ2) is 6.72. The fraction of sp³-hybridized carbons (Fsp3) is 0.385. The van der Waals surface area contributed by atoms with E-state index in [0.29, 0.717) is 6.42 Å². The van der Waals surface area contributed by atoms with Crippen molar-refractivity contribution >= 4 is 11.9 Å². The number of carbonyl (C=O) groups excluding carboxylic acids is 1. The Morgan fingerprint density at radius 2 is 2.11 bits per heavy atom. The Bertz CT molecular complexity index is 476. The smallest absolute Gasteiger partial charge is 0.326 e. The van der Waals surface area contributed by atoms with Gasteiger partial charge in [-0.25, -0.2) is 9.18 Å². The third kappa shape index (κ3) is 4.24. The van der Waals surface area contributed by atoms with Crippen molar-refractivity contribution in [2.45, 2.75) is 32.2 Å².